The second-order valence-electron chi connectivity index (χ2n) is 5.35. The van der Waals surface area contributed by atoms with E-state index in [4.69, 9.17) is 9.47 Å². The molecule has 1 aliphatic heterocycles. The van der Waals surface area contributed by atoms with E-state index in [0.717, 1.165) is 44.6 Å². The van der Waals surface area contributed by atoms with Crippen molar-refractivity contribution in [3.05, 3.63) is 17.7 Å². The van der Waals surface area contributed by atoms with Crippen molar-refractivity contribution in [3.63, 3.8) is 0 Å². The number of phenols is 1. The molecule has 0 saturated carbocycles. The predicted octanol–water partition coefficient (Wildman–Crippen LogP) is 2.16. The number of aromatic hydroxyl groups is 1. The Hall–Kier alpha value is -1.46. The van der Waals surface area contributed by atoms with Crippen LogP contribution < -0.4 is 14.8 Å². The molecule has 2 rings (SSSR count). The van der Waals surface area contributed by atoms with Crippen molar-refractivity contribution in [3.8, 4) is 17.2 Å². The lowest BCUT2D eigenvalue weighted by molar-refractivity contribution is 0.158. The molecule has 0 unspecified atom stereocenters. The van der Waals surface area contributed by atoms with Gasteiger partial charge in [0.15, 0.2) is 0 Å². The Balaban J connectivity index is 2.42. The molecular weight excluding hydrogens is 268 g/mol. The maximum Gasteiger partial charge on any atom is 0.131 e. The lowest BCUT2D eigenvalue weighted by Crippen LogP contribution is -2.45. The van der Waals surface area contributed by atoms with Crippen LogP contribution in [0.5, 0.6) is 17.2 Å². The highest BCUT2D eigenvalue weighted by Crippen LogP contribution is 2.42. The number of piperazine rings is 1. The summed E-state index contributed by atoms with van der Waals surface area (Å²) >= 11 is 0. The van der Waals surface area contributed by atoms with E-state index >= 15 is 0 Å². The van der Waals surface area contributed by atoms with E-state index in [9.17, 15) is 5.11 Å². The molecule has 21 heavy (non-hydrogen) atoms. The molecule has 0 amide bonds. The highest BCUT2D eigenvalue weighted by molar-refractivity contribution is 5.52. The zero-order valence-corrected chi connectivity index (χ0v) is 13.2. The first-order valence-corrected chi connectivity index (χ1v) is 7.60. The van der Waals surface area contributed by atoms with Crippen molar-refractivity contribution in [2.75, 3.05) is 40.4 Å². The molecule has 2 N–H and O–H groups in total. The van der Waals surface area contributed by atoms with E-state index in [1.807, 2.05) is 0 Å². The third-order valence-electron chi connectivity index (χ3n) is 4.02. The standard InChI is InChI=1S/C16H26N2O3/c1-4-5-13(18-8-6-17-7-9-18)16-14(20-2)10-12(19)11-15(16)21-3/h10-11,13,17,19H,4-9H2,1-3H3/t13-/m0/s1. The van der Waals surface area contributed by atoms with Crippen LogP contribution in [0, 0.1) is 0 Å². The number of phenolic OH excluding ortho intramolecular Hbond substituents is 1. The first kappa shape index (κ1) is 15.9. The minimum atomic E-state index is 0.169. The fourth-order valence-electron chi connectivity index (χ4n) is 3.03. The number of methoxy groups -OCH3 is 2. The van der Waals surface area contributed by atoms with Crippen LogP contribution in [0.2, 0.25) is 0 Å². The average molecular weight is 294 g/mol. The normalized spacial score (nSPS) is 17.5. The molecule has 1 aromatic rings. The predicted molar refractivity (Wildman–Crippen MR) is 83.3 cm³/mol. The first-order valence-electron chi connectivity index (χ1n) is 7.60. The highest BCUT2D eigenvalue weighted by atomic mass is 16.5. The van der Waals surface area contributed by atoms with Gasteiger partial charge < -0.3 is 19.9 Å². The maximum atomic E-state index is 9.82. The fourth-order valence-corrected chi connectivity index (χ4v) is 3.03. The summed E-state index contributed by atoms with van der Waals surface area (Å²) in [5.41, 5.74) is 1.04. The summed E-state index contributed by atoms with van der Waals surface area (Å²) in [6.45, 7) is 6.22. The van der Waals surface area contributed by atoms with Gasteiger partial charge in [0.25, 0.3) is 0 Å². The van der Waals surface area contributed by atoms with Gasteiger partial charge in [-0.15, -0.1) is 0 Å². The van der Waals surface area contributed by atoms with E-state index < -0.39 is 0 Å². The Kier molecular flexibility index (Phi) is 5.70. The largest absolute Gasteiger partial charge is 0.508 e. The Morgan fingerprint density at radius 1 is 1.19 bits per heavy atom. The Bertz CT molecular complexity index is 434. The van der Waals surface area contributed by atoms with E-state index in [0.29, 0.717) is 11.5 Å². The van der Waals surface area contributed by atoms with Gasteiger partial charge in [0.1, 0.15) is 17.2 Å². The smallest absolute Gasteiger partial charge is 0.131 e. The Morgan fingerprint density at radius 2 is 1.76 bits per heavy atom. The quantitative estimate of drug-likeness (QED) is 0.842. The molecule has 0 bridgehead atoms. The lowest BCUT2D eigenvalue weighted by atomic mass is 9.97. The van der Waals surface area contributed by atoms with Crippen molar-refractivity contribution in [2.24, 2.45) is 0 Å². The van der Waals surface area contributed by atoms with Crippen molar-refractivity contribution in [1.82, 2.24) is 10.2 Å². The molecule has 1 fully saturated rings. The summed E-state index contributed by atoms with van der Waals surface area (Å²) in [6.07, 6.45) is 2.12. The number of nitrogens with zero attached hydrogens (tertiary/aromatic N) is 1. The van der Waals surface area contributed by atoms with Gasteiger partial charge in [0.2, 0.25) is 0 Å². The summed E-state index contributed by atoms with van der Waals surface area (Å²) in [5, 5.41) is 13.2. The number of hydrogen-bond donors (Lipinski definition) is 2. The molecule has 1 heterocycles. The molecule has 0 spiro atoms. The molecule has 5 nitrogen and oxygen atoms in total. The van der Waals surface area contributed by atoms with Gasteiger partial charge in [-0.25, -0.2) is 0 Å². The van der Waals surface area contributed by atoms with Crippen molar-refractivity contribution < 1.29 is 14.6 Å². The molecule has 1 atom stereocenters. The minimum Gasteiger partial charge on any atom is -0.508 e. The molecule has 1 aliphatic rings. The fraction of sp³-hybridized carbons (Fsp3) is 0.625. The van der Waals surface area contributed by atoms with Crippen molar-refractivity contribution in [1.29, 1.82) is 0 Å². The van der Waals surface area contributed by atoms with Gasteiger partial charge in [-0.1, -0.05) is 13.3 Å². The van der Waals surface area contributed by atoms with Crippen LogP contribution in [0.4, 0.5) is 0 Å². The molecule has 0 aliphatic carbocycles. The topological polar surface area (TPSA) is 54.0 Å². The number of ether oxygens (including phenoxy) is 2. The van der Waals surface area contributed by atoms with Crippen LogP contribution in [-0.4, -0.2) is 50.4 Å². The number of nitrogens with one attached hydrogen (secondary N) is 1. The van der Waals surface area contributed by atoms with Crippen LogP contribution in [0.3, 0.4) is 0 Å². The molecule has 5 heteroatoms. The second-order valence-corrected chi connectivity index (χ2v) is 5.35. The Labute approximate surface area is 126 Å². The summed E-state index contributed by atoms with van der Waals surface area (Å²) in [4.78, 5) is 2.47. The van der Waals surface area contributed by atoms with Gasteiger partial charge in [-0.2, -0.15) is 0 Å². The molecular formula is C16H26N2O3. The van der Waals surface area contributed by atoms with Crippen LogP contribution in [-0.2, 0) is 0 Å². The second kappa shape index (κ2) is 7.52. The third kappa shape index (κ3) is 3.60. The summed E-state index contributed by atoms with van der Waals surface area (Å²) in [7, 11) is 3.27. The molecule has 1 aromatic carbocycles. The van der Waals surface area contributed by atoms with Gasteiger partial charge in [-0.05, 0) is 6.42 Å². The molecule has 118 valence electrons. The van der Waals surface area contributed by atoms with Gasteiger partial charge >= 0.3 is 0 Å². The first-order chi connectivity index (χ1) is 10.2. The highest BCUT2D eigenvalue weighted by Gasteiger charge is 2.27. The van der Waals surface area contributed by atoms with E-state index in [1.165, 1.54) is 0 Å². The third-order valence-corrected chi connectivity index (χ3v) is 4.02. The average Bonchev–Trinajstić information content (AvgIpc) is 2.53. The van der Waals surface area contributed by atoms with Crippen LogP contribution >= 0.6 is 0 Å². The number of benzene rings is 1. The molecule has 0 aromatic heterocycles. The zero-order valence-electron chi connectivity index (χ0n) is 13.2. The van der Waals surface area contributed by atoms with Gasteiger partial charge in [0, 0.05) is 44.4 Å². The van der Waals surface area contributed by atoms with Gasteiger partial charge in [0.05, 0.1) is 19.8 Å². The minimum absolute atomic E-state index is 0.169. The summed E-state index contributed by atoms with van der Waals surface area (Å²) in [5.74, 6) is 1.57. The molecule has 1 saturated heterocycles. The van der Waals surface area contributed by atoms with Crippen LogP contribution in [0.15, 0.2) is 12.1 Å². The van der Waals surface area contributed by atoms with Gasteiger partial charge in [-0.3, -0.25) is 4.90 Å². The van der Waals surface area contributed by atoms with Crippen LogP contribution in [0.1, 0.15) is 31.4 Å². The summed E-state index contributed by atoms with van der Waals surface area (Å²) in [6, 6.07) is 3.59. The number of rotatable bonds is 6. The lowest BCUT2D eigenvalue weighted by Gasteiger charge is -2.36. The van der Waals surface area contributed by atoms with Crippen molar-refractivity contribution in [2.45, 2.75) is 25.8 Å². The van der Waals surface area contributed by atoms with E-state index in [-0.39, 0.29) is 11.8 Å². The number of hydrogen-bond acceptors (Lipinski definition) is 5. The van der Waals surface area contributed by atoms with E-state index in [2.05, 4.69) is 17.1 Å². The van der Waals surface area contributed by atoms with Crippen molar-refractivity contribution >= 4 is 0 Å². The zero-order chi connectivity index (χ0) is 15.2. The molecule has 0 radical (unpaired) electrons. The Morgan fingerprint density at radius 3 is 2.24 bits per heavy atom. The SMILES string of the molecule is CCC[C@@H](c1c(OC)cc(O)cc1OC)N1CCNCC1. The summed E-state index contributed by atoms with van der Waals surface area (Å²) < 4.78 is 11.0. The van der Waals surface area contributed by atoms with E-state index in [1.54, 1.807) is 26.4 Å². The monoisotopic (exact) mass is 294 g/mol. The van der Waals surface area contributed by atoms with Crippen LogP contribution in [0.25, 0.3) is 0 Å². The maximum absolute atomic E-state index is 9.82.